The molecule has 1 aliphatic heterocycles. The molecule has 2 amide bonds. The summed E-state index contributed by atoms with van der Waals surface area (Å²) in [5.41, 5.74) is 3.94. The van der Waals surface area contributed by atoms with E-state index in [-0.39, 0.29) is 11.8 Å². The third-order valence-corrected chi connectivity index (χ3v) is 5.56. The second kappa shape index (κ2) is 11.1. The van der Waals surface area contributed by atoms with Crippen LogP contribution in [0.5, 0.6) is 5.75 Å². The summed E-state index contributed by atoms with van der Waals surface area (Å²) in [6.45, 7) is 7.96. The summed E-state index contributed by atoms with van der Waals surface area (Å²) in [6, 6.07) is 13.0. The van der Waals surface area contributed by atoms with E-state index in [0.717, 1.165) is 16.7 Å². The molecule has 2 aromatic carbocycles. The normalized spacial score (nSPS) is 13.8. The Morgan fingerprint density at radius 1 is 0.909 bits per heavy atom. The van der Waals surface area contributed by atoms with Crippen LogP contribution in [-0.2, 0) is 19.1 Å². The zero-order valence-corrected chi connectivity index (χ0v) is 20.0. The summed E-state index contributed by atoms with van der Waals surface area (Å²) in [6.07, 6.45) is 0. The molecule has 0 unspecified atom stereocenters. The highest BCUT2D eigenvalue weighted by molar-refractivity contribution is 6.45. The maximum atomic E-state index is 13.9. The number of hydrogen-bond acceptors (Lipinski definition) is 6. The van der Waals surface area contributed by atoms with E-state index < -0.39 is 0 Å². The van der Waals surface area contributed by atoms with Crippen LogP contribution in [0.3, 0.4) is 0 Å². The topological polar surface area (TPSA) is 68.3 Å². The van der Waals surface area contributed by atoms with Gasteiger partial charge in [-0.15, -0.1) is 0 Å². The zero-order chi connectivity index (χ0) is 24.0. The van der Waals surface area contributed by atoms with Gasteiger partial charge in [-0.25, -0.2) is 4.90 Å². The smallest absolute Gasteiger partial charge is 0.282 e. The van der Waals surface area contributed by atoms with Crippen molar-refractivity contribution in [2.24, 2.45) is 0 Å². The van der Waals surface area contributed by atoms with Crippen LogP contribution in [0.4, 0.5) is 5.69 Å². The number of hydrogen-bond donors (Lipinski definition) is 0. The van der Waals surface area contributed by atoms with Gasteiger partial charge in [-0.1, -0.05) is 35.9 Å². The molecule has 0 saturated heterocycles. The summed E-state index contributed by atoms with van der Waals surface area (Å²) in [4.78, 5) is 30.9. The molecule has 2 aromatic rings. The predicted molar refractivity (Wildman–Crippen MR) is 128 cm³/mol. The lowest BCUT2D eigenvalue weighted by Gasteiger charge is -2.26. The van der Waals surface area contributed by atoms with E-state index >= 15 is 0 Å². The van der Waals surface area contributed by atoms with Crippen molar-refractivity contribution in [3.8, 4) is 5.75 Å². The second-order valence-electron chi connectivity index (χ2n) is 7.86. The molecule has 7 nitrogen and oxygen atoms in total. The van der Waals surface area contributed by atoms with Gasteiger partial charge in [-0.2, -0.15) is 0 Å². The number of ether oxygens (including phenoxy) is 3. The van der Waals surface area contributed by atoms with Crippen molar-refractivity contribution in [3.63, 3.8) is 0 Å². The molecule has 0 aromatic heterocycles. The molecule has 3 rings (SSSR count). The average molecular weight is 453 g/mol. The molecule has 0 bridgehead atoms. The molecular formula is C26H32N2O5. The monoisotopic (exact) mass is 452 g/mol. The fourth-order valence-electron chi connectivity index (χ4n) is 4.03. The first-order valence-corrected chi connectivity index (χ1v) is 11.1. The van der Waals surface area contributed by atoms with E-state index in [2.05, 4.69) is 0 Å². The van der Waals surface area contributed by atoms with Crippen molar-refractivity contribution in [1.82, 2.24) is 4.90 Å². The van der Waals surface area contributed by atoms with E-state index in [1.54, 1.807) is 32.4 Å². The summed E-state index contributed by atoms with van der Waals surface area (Å²) in [7, 11) is 3.22. The van der Waals surface area contributed by atoms with Gasteiger partial charge in [0.05, 0.1) is 31.1 Å². The second-order valence-corrected chi connectivity index (χ2v) is 7.86. The van der Waals surface area contributed by atoms with Crippen molar-refractivity contribution >= 4 is 23.1 Å². The molecule has 33 heavy (non-hydrogen) atoms. The Morgan fingerprint density at radius 2 is 1.58 bits per heavy atom. The third-order valence-electron chi connectivity index (χ3n) is 5.56. The first-order chi connectivity index (χ1) is 15.9. The number of benzene rings is 2. The molecule has 0 aliphatic carbocycles. The van der Waals surface area contributed by atoms with Gasteiger partial charge >= 0.3 is 0 Å². The average Bonchev–Trinajstić information content (AvgIpc) is 3.04. The molecule has 7 heteroatoms. The SMILES string of the molecule is CCOc1ccccc1N1C(=O)C(c2ccc(C)cc2C)=C(N(CCOC)CCOC)C1=O. The van der Waals surface area contributed by atoms with Gasteiger partial charge in [0, 0.05) is 27.3 Å². The molecule has 0 radical (unpaired) electrons. The standard InChI is InChI=1S/C26H32N2O5/c1-6-33-22-10-8-7-9-21(22)28-25(29)23(20-12-11-18(2)17-19(20)3)24(26(28)30)27(13-15-31-4)14-16-32-5/h7-12,17H,6,13-16H2,1-5H3. The van der Waals surface area contributed by atoms with Gasteiger partial charge in [0.25, 0.3) is 11.8 Å². The van der Waals surface area contributed by atoms with Crippen molar-refractivity contribution in [2.75, 3.05) is 52.0 Å². The number of amides is 2. The van der Waals surface area contributed by atoms with E-state index in [9.17, 15) is 9.59 Å². The fraction of sp³-hybridized carbons (Fsp3) is 0.385. The van der Waals surface area contributed by atoms with Crippen LogP contribution in [0.2, 0.25) is 0 Å². The number of para-hydroxylation sites is 2. The van der Waals surface area contributed by atoms with Crippen LogP contribution in [-0.4, -0.2) is 63.8 Å². The summed E-state index contributed by atoms with van der Waals surface area (Å²) >= 11 is 0. The Labute approximate surface area is 195 Å². The van der Waals surface area contributed by atoms with Crippen LogP contribution in [0.15, 0.2) is 48.2 Å². The van der Waals surface area contributed by atoms with E-state index in [1.165, 1.54) is 4.90 Å². The number of imide groups is 1. The third kappa shape index (κ3) is 5.10. The van der Waals surface area contributed by atoms with E-state index in [1.807, 2.05) is 49.9 Å². The van der Waals surface area contributed by atoms with Gasteiger partial charge in [0.15, 0.2) is 0 Å². The quantitative estimate of drug-likeness (QED) is 0.486. The maximum absolute atomic E-state index is 13.9. The molecule has 1 aliphatic rings. The molecule has 0 N–H and O–H groups in total. The Morgan fingerprint density at radius 3 is 2.18 bits per heavy atom. The lowest BCUT2D eigenvalue weighted by molar-refractivity contribution is -0.120. The number of nitrogens with zero attached hydrogens (tertiary/aromatic N) is 2. The molecular weight excluding hydrogens is 420 g/mol. The first kappa shape index (κ1) is 24.5. The lowest BCUT2D eigenvalue weighted by atomic mass is 9.97. The van der Waals surface area contributed by atoms with Crippen LogP contribution < -0.4 is 9.64 Å². The number of carbonyl (C=O) groups is 2. The number of anilines is 1. The molecule has 0 fully saturated rings. The van der Waals surface area contributed by atoms with Crippen molar-refractivity contribution in [1.29, 1.82) is 0 Å². The van der Waals surface area contributed by atoms with Gasteiger partial charge in [-0.05, 0) is 44.0 Å². The lowest BCUT2D eigenvalue weighted by Crippen LogP contribution is -2.37. The van der Waals surface area contributed by atoms with E-state index in [0.29, 0.717) is 55.6 Å². The van der Waals surface area contributed by atoms with Gasteiger partial charge in [-0.3, -0.25) is 9.59 Å². The Hall–Kier alpha value is -3.16. The molecule has 176 valence electrons. The fourth-order valence-corrected chi connectivity index (χ4v) is 4.03. The molecule has 1 heterocycles. The number of methoxy groups -OCH3 is 2. The minimum absolute atomic E-state index is 0.354. The molecule has 0 spiro atoms. The van der Waals surface area contributed by atoms with Crippen LogP contribution in [0, 0.1) is 13.8 Å². The van der Waals surface area contributed by atoms with Crippen molar-refractivity contribution in [2.45, 2.75) is 20.8 Å². The Kier molecular flexibility index (Phi) is 8.25. The largest absolute Gasteiger partial charge is 0.492 e. The summed E-state index contributed by atoms with van der Waals surface area (Å²) in [5.74, 6) is -0.258. The predicted octanol–water partition coefficient (Wildman–Crippen LogP) is 3.58. The zero-order valence-electron chi connectivity index (χ0n) is 20.0. The Balaban J connectivity index is 2.19. The van der Waals surface area contributed by atoms with Crippen molar-refractivity contribution < 1.29 is 23.8 Å². The maximum Gasteiger partial charge on any atom is 0.282 e. The highest BCUT2D eigenvalue weighted by atomic mass is 16.5. The van der Waals surface area contributed by atoms with Crippen molar-refractivity contribution in [3.05, 3.63) is 64.9 Å². The van der Waals surface area contributed by atoms with Gasteiger partial charge in [0.2, 0.25) is 0 Å². The van der Waals surface area contributed by atoms with Gasteiger partial charge < -0.3 is 19.1 Å². The van der Waals surface area contributed by atoms with Crippen LogP contribution in [0.25, 0.3) is 5.57 Å². The Bertz CT molecular complexity index is 1040. The minimum Gasteiger partial charge on any atom is -0.492 e. The summed E-state index contributed by atoms with van der Waals surface area (Å²) < 4.78 is 16.3. The molecule has 0 atom stereocenters. The van der Waals surface area contributed by atoms with E-state index in [4.69, 9.17) is 14.2 Å². The highest BCUT2D eigenvalue weighted by Crippen LogP contribution is 2.39. The number of rotatable bonds is 11. The number of carbonyl (C=O) groups excluding carboxylic acids is 2. The summed E-state index contributed by atoms with van der Waals surface area (Å²) in [5, 5.41) is 0. The van der Waals surface area contributed by atoms with Crippen LogP contribution >= 0.6 is 0 Å². The number of aryl methyl sites for hydroxylation is 2. The van der Waals surface area contributed by atoms with Gasteiger partial charge in [0.1, 0.15) is 11.4 Å². The molecule has 0 saturated carbocycles. The highest BCUT2D eigenvalue weighted by Gasteiger charge is 2.43. The minimum atomic E-state index is -0.380. The first-order valence-electron chi connectivity index (χ1n) is 11.1. The van der Waals surface area contributed by atoms with Crippen LogP contribution in [0.1, 0.15) is 23.6 Å².